The van der Waals surface area contributed by atoms with Crippen LogP contribution in [0.1, 0.15) is 16.8 Å². The summed E-state index contributed by atoms with van der Waals surface area (Å²) in [6.07, 6.45) is 0.817. The molecule has 0 bridgehead atoms. The van der Waals surface area contributed by atoms with E-state index in [0.717, 1.165) is 24.4 Å². The van der Waals surface area contributed by atoms with E-state index in [1.807, 2.05) is 18.2 Å². The van der Waals surface area contributed by atoms with Crippen LogP contribution in [0.3, 0.4) is 0 Å². The van der Waals surface area contributed by atoms with Gasteiger partial charge in [0.1, 0.15) is 5.75 Å². The van der Waals surface area contributed by atoms with Gasteiger partial charge in [-0.2, -0.15) is 0 Å². The third-order valence-corrected chi connectivity index (χ3v) is 5.02. The number of anilines is 1. The van der Waals surface area contributed by atoms with Crippen molar-refractivity contribution in [2.75, 3.05) is 38.7 Å². The van der Waals surface area contributed by atoms with Gasteiger partial charge in [0.25, 0.3) is 5.91 Å². The van der Waals surface area contributed by atoms with Crippen LogP contribution in [0, 0.1) is 0 Å². The number of hydrogen-bond donors (Lipinski definition) is 1. The van der Waals surface area contributed by atoms with E-state index in [9.17, 15) is 9.59 Å². The normalized spacial score (nSPS) is 16.0. The monoisotopic (exact) mass is 401 g/mol. The zero-order valence-electron chi connectivity index (χ0n) is 16.0. The van der Waals surface area contributed by atoms with Gasteiger partial charge in [-0.15, -0.1) is 0 Å². The highest BCUT2D eigenvalue weighted by Gasteiger charge is 2.26. The number of methoxy groups -OCH3 is 1. The van der Waals surface area contributed by atoms with Crippen LogP contribution in [0.25, 0.3) is 0 Å². The molecule has 1 aliphatic heterocycles. The van der Waals surface area contributed by atoms with Crippen LogP contribution in [0.2, 0.25) is 5.02 Å². The second-order valence-electron chi connectivity index (χ2n) is 6.84. The number of halogens is 1. The van der Waals surface area contributed by atoms with Gasteiger partial charge >= 0.3 is 0 Å². The maximum atomic E-state index is 12.4. The Morgan fingerprint density at radius 3 is 2.71 bits per heavy atom. The minimum atomic E-state index is -0.174. The molecule has 1 fully saturated rings. The Kier molecular flexibility index (Phi) is 6.41. The van der Waals surface area contributed by atoms with Crippen molar-refractivity contribution in [2.45, 2.75) is 12.5 Å². The summed E-state index contributed by atoms with van der Waals surface area (Å²) in [6.45, 7) is 1.48. The van der Waals surface area contributed by atoms with E-state index in [0.29, 0.717) is 17.1 Å². The molecule has 1 N–H and O–H groups in total. The van der Waals surface area contributed by atoms with Gasteiger partial charge in [0.05, 0.1) is 19.3 Å². The maximum Gasteiger partial charge on any atom is 0.254 e. The summed E-state index contributed by atoms with van der Waals surface area (Å²) in [5.74, 6) is 0.411. The van der Waals surface area contributed by atoms with Crippen molar-refractivity contribution in [1.82, 2.24) is 10.2 Å². The van der Waals surface area contributed by atoms with E-state index in [-0.39, 0.29) is 24.4 Å². The third kappa shape index (κ3) is 4.75. The topological polar surface area (TPSA) is 61.9 Å². The van der Waals surface area contributed by atoms with E-state index >= 15 is 0 Å². The number of hydrogen-bond acceptors (Lipinski definition) is 4. The molecule has 2 aromatic carbocycles. The summed E-state index contributed by atoms with van der Waals surface area (Å²) in [5, 5.41) is 3.66. The minimum absolute atomic E-state index is 0.0106. The number of nitrogens with zero attached hydrogens (tertiary/aromatic N) is 2. The molecule has 1 unspecified atom stereocenters. The van der Waals surface area contributed by atoms with Crippen LogP contribution in [-0.4, -0.2) is 56.5 Å². The zero-order valence-corrected chi connectivity index (χ0v) is 16.8. The SMILES string of the molecule is COc1ccc(Cl)cc1N1CCC(NC(=O)CN(C)C(=O)c2ccccc2)C1. The lowest BCUT2D eigenvalue weighted by atomic mass is 10.2. The van der Waals surface area contributed by atoms with Crippen LogP contribution >= 0.6 is 11.6 Å². The molecule has 0 radical (unpaired) electrons. The Morgan fingerprint density at radius 2 is 2.00 bits per heavy atom. The van der Waals surface area contributed by atoms with Crippen molar-refractivity contribution in [2.24, 2.45) is 0 Å². The molecule has 0 saturated carbocycles. The van der Waals surface area contributed by atoms with Crippen LogP contribution in [0.5, 0.6) is 5.75 Å². The molecule has 28 heavy (non-hydrogen) atoms. The first-order chi connectivity index (χ1) is 13.5. The van der Waals surface area contributed by atoms with Gasteiger partial charge in [0.2, 0.25) is 5.91 Å². The highest BCUT2D eigenvalue weighted by Crippen LogP contribution is 2.33. The molecule has 0 spiro atoms. The standard InChI is InChI=1S/C21H24ClN3O3/c1-24(21(27)15-6-4-3-5-7-15)14-20(26)23-17-10-11-25(13-17)18-12-16(22)8-9-19(18)28-2/h3-9,12,17H,10-11,13-14H2,1-2H3,(H,23,26). The van der Waals surface area contributed by atoms with Gasteiger partial charge in [0.15, 0.2) is 0 Å². The van der Waals surface area contributed by atoms with Gasteiger partial charge in [-0.25, -0.2) is 0 Å². The van der Waals surface area contributed by atoms with Crippen molar-refractivity contribution in [3.63, 3.8) is 0 Å². The second kappa shape index (κ2) is 8.97. The highest BCUT2D eigenvalue weighted by atomic mass is 35.5. The van der Waals surface area contributed by atoms with E-state index < -0.39 is 0 Å². The summed E-state index contributed by atoms with van der Waals surface area (Å²) in [7, 11) is 3.26. The molecule has 6 nitrogen and oxygen atoms in total. The summed E-state index contributed by atoms with van der Waals surface area (Å²) in [4.78, 5) is 28.3. The fraction of sp³-hybridized carbons (Fsp3) is 0.333. The Bertz CT molecular complexity index is 844. The van der Waals surface area contributed by atoms with Gasteiger partial charge in [0, 0.05) is 36.8 Å². The second-order valence-corrected chi connectivity index (χ2v) is 7.28. The number of ether oxygens (including phenoxy) is 1. The number of rotatable bonds is 6. The molecule has 3 rings (SSSR count). The van der Waals surface area contributed by atoms with E-state index in [1.165, 1.54) is 4.90 Å². The van der Waals surface area contributed by atoms with Gasteiger partial charge in [-0.1, -0.05) is 29.8 Å². The number of amides is 2. The predicted molar refractivity (Wildman–Crippen MR) is 110 cm³/mol. The van der Waals surface area contributed by atoms with Gasteiger partial charge < -0.3 is 19.9 Å². The summed E-state index contributed by atoms with van der Waals surface area (Å²) in [5.41, 5.74) is 1.49. The number of benzene rings is 2. The number of nitrogens with one attached hydrogen (secondary N) is 1. The highest BCUT2D eigenvalue weighted by molar-refractivity contribution is 6.30. The molecule has 1 saturated heterocycles. The Morgan fingerprint density at radius 1 is 1.25 bits per heavy atom. The van der Waals surface area contributed by atoms with Crippen LogP contribution in [-0.2, 0) is 4.79 Å². The number of likely N-dealkylation sites (N-methyl/N-ethyl adjacent to an activating group) is 1. The average molecular weight is 402 g/mol. The lowest BCUT2D eigenvalue weighted by Gasteiger charge is -2.22. The van der Waals surface area contributed by atoms with Crippen LogP contribution in [0.4, 0.5) is 5.69 Å². The van der Waals surface area contributed by atoms with E-state index in [2.05, 4.69) is 10.2 Å². The fourth-order valence-electron chi connectivity index (χ4n) is 3.37. The fourth-order valence-corrected chi connectivity index (χ4v) is 3.54. The molecule has 2 aromatic rings. The van der Waals surface area contributed by atoms with Crippen molar-refractivity contribution < 1.29 is 14.3 Å². The minimum Gasteiger partial charge on any atom is -0.495 e. The molecule has 2 amide bonds. The quantitative estimate of drug-likeness (QED) is 0.808. The molecule has 7 heteroatoms. The average Bonchev–Trinajstić information content (AvgIpc) is 3.16. The first-order valence-electron chi connectivity index (χ1n) is 9.16. The predicted octanol–water partition coefficient (Wildman–Crippen LogP) is 2.82. The lowest BCUT2D eigenvalue weighted by molar-refractivity contribution is -0.122. The molecule has 1 atom stereocenters. The first kappa shape index (κ1) is 20.0. The Labute approximate surface area is 170 Å². The lowest BCUT2D eigenvalue weighted by Crippen LogP contribution is -2.43. The van der Waals surface area contributed by atoms with E-state index in [1.54, 1.807) is 44.5 Å². The molecule has 0 aromatic heterocycles. The van der Waals surface area contributed by atoms with Crippen molar-refractivity contribution in [3.05, 3.63) is 59.1 Å². The molecular weight excluding hydrogens is 378 g/mol. The molecule has 1 heterocycles. The third-order valence-electron chi connectivity index (χ3n) is 4.78. The van der Waals surface area contributed by atoms with Gasteiger partial charge in [-0.3, -0.25) is 9.59 Å². The number of carbonyl (C=O) groups excluding carboxylic acids is 2. The molecule has 1 aliphatic rings. The van der Waals surface area contributed by atoms with E-state index in [4.69, 9.17) is 16.3 Å². The maximum absolute atomic E-state index is 12.4. The van der Waals surface area contributed by atoms with Crippen molar-refractivity contribution in [1.29, 1.82) is 0 Å². The summed E-state index contributed by atoms with van der Waals surface area (Å²) in [6, 6.07) is 14.5. The van der Waals surface area contributed by atoms with Crippen LogP contribution < -0.4 is 15.0 Å². The summed E-state index contributed by atoms with van der Waals surface area (Å²) >= 11 is 6.12. The Balaban J connectivity index is 1.55. The van der Waals surface area contributed by atoms with Gasteiger partial charge in [-0.05, 0) is 36.8 Å². The molecule has 148 valence electrons. The zero-order chi connectivity index (χ0) is 20.1. The molecular formula is C21H24ClN3O3. The summed E-state index contributed by atoms with van der Waals surface area (Å²) < 4.78 is 5.42. The smallest absolute Gasteiger partial charge is 0.254 e. The number of carbonyl (C=O) groups is 2. The van der Waals surface area contributed by atoms with Crippen molar-refractivity contribution >= 4 is 29.1 Å². The molecule has 0 aliphatic carbocycles. The Hall–Kier alpha value is -2.73. The largest absolute Gasteiger partial charge is 0.495 e. The van der Waals surface area contributed by atoms with Crippen LogP contribution in [0.15, 0.2) is 48.5 Å². The van der Waals surface area contributed by atoms with Crippen molar-refractivity contribution in [3.8, 4) is 5.75 Å². The first-order valence-corrected chi connectivity index (χ1v) is 9.54.